The van der Waals surface area contributed by atoms with Crippen molar-refractivity contribution in [3.8, 4) is 5.75 Å². The Hall–Kier alpha value is -3.30. The van der Waals surface area contributed by atoms with Gasteiger partial charge in [-0.15, -0.1) is 10.2 Å². The molecule has 1 amide bonds. The summed E-state index contributed by atoms with van der Waals surface area (Å²) in [5.41, 5.74) is 1.14. The van der Waals surface area contributed by atoms with Crippen molar-refractivity contribution in [2.24, 2.45) is 0 Å². The molecule has 0 N–H and O–H groups in total. The van der Waals surface area contributed by atoms with Crippen LogP contribution in [0.15, 0.2) is 68.8 Å². The molecule has 2 aromatic carbocycles. The van der Waals surface area contributed by atoms with Gasteiger partial charge in [-0.1, -0.05) is 59.0 Å². The lowest BCUT2D eigenvalue weighted by molar-refractivity contribution is 0.0970. The molecule has 9 heteroatoms. The van der Waals surface area contributed by atoms with Gasteiger partial charge >= 0.3 is 0 Å². The number of hydrogen-bond donors (Lipinski definition) is 0. The van der Waals surface area contributed by atoms with Gasteiger partial charge < -0.3 is 9.15 Å². The Balaban J connectivity index is 1.71. The molecule has 0 aliphatic carbocycles. The number of fused-ring (bicyclic) bond motifs is 2. The van der Waals surface area contributed by atoms with E-state index in [0.29, 0.717) is 40.4 Å². The van der Waals surface area contributed by atoms with Gasteiger partial charge in [0.15, 0.2) is 5.43 Å². The summed E-state index contributed by atoms with van der Waals surface area (Å²) in [5, 5.41) is 10.0. The van der Waals surface area contributed by atoms with Crippen LogP contribution in [-0.2, 0) is 6.42 Å². The lowest BCUT2D eigenvalue weighted by atomic mass is 9.98. The maximum atomic E-state index is 13.6. The zero-order chi connectivity index (χ0) is 23.1. The maximum absolute atomic E-state index is 13.6. The monoisotopic (exact) mass is 523 g/mol. The van der Waals surface area contributed by atoms with Crippen molar-refractivity contribution in [3.05, 3.63) is 91.7 Å². The third kappa shape index (κ3) is 3.67. The smallest absolute Gasteiger partial charge is 0.297 e. The average Bonchev–Trinajstić information content (AvgIpc) is 3.41. The van der Waals surface area contributed by atoms with E-state index in [9.17, 15) is 9.59 Å². The summed E-state index contributed by atoms with van der Waals surface area (Å²) >= 11 is 4.74. The third-order valence-electron chi connectivity index (χ3n) is 5.36. The van der Waals surface area contributed by atoms with E-state index in [1.54, 1.807) is 36.4 Å². The van der Waals surface area contributed by atoms with Crippen LogP contribution in [-0.4, -0.2) is 22.7 Å². The molecule has 0 radical (unpaired) electrons. The Morgan fingerprint density at radius 2 is 2.00 bits per heavy atom. The van der Waals surface area contributed by atoms with Gasteiger partial charge in [-0.3, -0.25) is 14.5 Å². The molecule has 166 valence electrons. The molecule has 0 fully saturated rings. The molecule has 1 aliphatic heterocycles. The first kappa shape index (κ1) is 21.5. The molecule has 3 heterocycles. The predicted molar refractivity (Wildman–Crippen MR) is 130 cm³/mol. The minimum absolute atomic E-state index is 0.0278. The van der Waals surface area contributed by atoms with Gasteiger partial charge in [-0.25, -0.2) is 0 Å². The summed E-state index contributed by atoms with van der Waals surface area (Å²) in [7, 11) is 0. The number of carbonyl (C=O) groups excluding carboxylic acids is 1. The molecule has 1 aliphatic rings. The molecule has 4 aromatic rings. The average molecular weight is 524 g/mol. The van der Waals surface area contributed by atoms with Crippen molar-refractivity contribution in [1.82, 2.24) is 10.2 Å². The second-order valence-electron chi connectivity index (χ2n) is 7.39. The van der Waals surface area contributed by atoms with Crippen molar-refractivity contribution in [2.45, 2.75) is 19.4 Å². The fourth-order valence-electron chi connectivity index (χ4n) is 3.84. The standard InChI is InChI=1S/C24H18BrN3O4S/c1-3-11-31-15-8-5-13(6-9-15)20-19-21(29)16-12-14(25)7-10-17(16)32-22(19)23(30)28(20)24-27-26-18(4-2)33-24/h3,5-10,12,20H,1,4,11H2,2H3. The van der Waals surface area contributed by atoms with Crippen molar-refractivity contribution < 1.29 is 13.9 Å². The van der Waals surface area contributed by atoms with Gasteiger partial charge in [0.1, 0.15) is 22.9 Å². The number of carbonyl (C=O) groups is 1. The van der Waals surface area contributed by atoms with Crippen LogP contribution in [0, 0.1) is 0 Å². The minimum Gasteiger partial charge on any atom is -0.490 e. The summed E-state index contributed by atoms with van der Waals surface area (Å²) in [4.78, 5) is 28.7. The molecule has 1 atom stereocenters. The van der Waals surface area contributed by atoms with E-state index < -0.39 is 11.9 Å². The van der Waals surface area contributed by atoms with E-state index in [-0.39, 0.29) is 11.2 Å². The highest BCUT2D eigenvalue weighted by Gasteiger charge is 2.45. The lowest BCUT2D eigenvalue weighted by Gasteiger charge is -2.22. The van der Waals surface area contributed by atoms with Crippen LogP contribution < -0.4 is 15.1 Å². The number of ether oxygens (including phenoxy) is 1. The Labute approximate surface area is 201 Å². The predicted octanol–water partition coefficient (Wildman–Crippen LogP) is 5.28. The Morgan fingerprint density at radius 3 is 2.70 bits per heavy atom. The van der Waals surface area contributed by atoms with Crippen LogP contribution in [0.5, 0.6) is 5.75 Å². The van der Waals surface area contributed by atoms with E-state index in [0.717, 1.165) is 15.0 Å². The Morgan fingerprint density at radius 1 is 1.21 bits per heavy atom. The number of halogens is 1. The van der Waals surface area contributed by atoms with Crippen LogP contribution in [0.2, 0.25) is 0 Å². The summed E-state index contributed by atoms with van der Waals surface area (Å²) in [6.45, 7) is 6.01. The van der Waals surface area contributed by atoms with Gasteiger partial charge in [0.25, 0.3) is 5.91 Å². The summed E-state index contributed by atoms with van der Waals surface area (Å²) in [6.07, 6.45) is 2.36. The molecular formula is C24H18BrN3O4S. The van der Waals surface area contributed by atoms with Gasteiger partial charge in [-0.05, 0) is 42.3 Å². The normalized spacial score (nSPS) is 15.2. The number of aryl methyl sites for hydroxylation is 1. The largest absolute Gasteiger partial charge is 0.490 e. The van der Waals surface area contributed by atoms with E-state index in [1.165, 1.54) is 16.2 Å². The highest BCUT2D eigenvalue weighted by molar-refractivity contribution is 9.10. The highest BCUT2D eigenvalue weighted by Crippen LogP contribution is 2.42. The van der Waals surface area contributed by atoms with Gasteiger partial charge in [0.2, 0.25) is 10.9 Å². The first-order chi connectivity index (χ1) is 16.0. The molecule has 0 bridgehead atoms. The van der Waals surface area contributed by atoms with Gasteiger partial charge in [0.05, 0.1) is 17.0 Å². The van der Waals surface area contributed by atoms with Crippen molar-refractivity contribution in [2.75, 3.05) is 11.5 Å². The van der Waals surface area contributed by atoms with Crippen LogP contribution in [0.3, 0.4) is 0 Å². The van der Waals surface area contributed by atoms with Crippen molar-refractivity contribution >= 4 is 49.3 Å². The summed E-state index contributed by atoms with van der Waals surface area (Å²) < 4.78 is 12.3. The minimum atomic E-state index is -0.696. The van der Waals surface area contributed by atoms with E-state index in [4.69, 9.17) is 9.15 Å². The summed E-state index contributed by atoms with van der Waals surface area (Å²) in [5.74, 6) is 0.274. The van der Waals surface area contributed by atoms with E-state index >= 15 is 0 Å². The SMILES string of the molecule is C=CCOc1ccc(C2c3c(oc4ccc(Br)cc4c3=O)C(=O)N2c2nnc(CC)s2)cc1. The summed E-state index contributed by atoms with van der Waals surface area (Å²) in [6, 6.07) is 11.7. The fourth-order valence-corrected chi connectivity index (χ4v) is 5.01. The number of aromatic nitrogens is 2. The molecule has 1 unspecified atom stereocenters. The molecule has 0 spiro atoms. The Bertz CT molecular complexity index is 1440. The van der Waals surface area contributed by atoms with E-state index in [1.807, 2.05) is 19.1 Å². The second kappa shape index (κ2) is 8.57. The quantitative estimate of drug-likeness (QED) is 0.319. The topological polar surface area (TPSA) is 85.5 Å². The molecule has 2 aromatic heterocycles. The fraction of sp³-hybridized carbons (Fsp3) is 0.167. The Kier molecular flexibility index (Phi) is 5.59. The number of benzene rings is 2. The van der Waals surface area contributed by atoms with Crippen LogP contribution in [0.25, 0.3) is 11.0 Å². The van der Waals surface area contributed by atoms with E-state index in [2.05, 4.69) is 32.7 Å². The number of nitrogens with zero attached hydrogens (tertiary/aromatic N) is 3. The van der Waals surface area contributed by atoms with Crippen LogP contribution in [0.4, 0.5) is 5.13 Å². The third-order valence-corrected chi connectivity index (χ3v) is 6.92. The number of hydrogen-bond acceptors (Lipinski definition) is 7. The highest BCUT2D eigenvalue weighted by atomic mass is 79.9. The second-order valence-corrected chi connectivity index (χ2v) is 9.35. The number of rotatable bonds is 6. The molecular weight excluding hydrogens is 506 g/mol. The van der Waals surface area contributed by atoms with Crippen molar-refractivity contribution in [3.63, 3.8) is 0 Å². The zero-order valence-corrected chi connectivity index (χ0v) is 20.0. The zero-order valence-electron chi connectivity index (χ0n) is 17.6. The first-order valence-electron chi connectivity index (χ1n) is 10.3. The molecule has 0 saturated heterocycles. The van der Waals surface area contributed by atoms with Gasteiger partial charge in [-0.2, -0.15) is 0 Å². The number of amides is 1. The molecule has 33 heavy (non-hydrogen) atoms. The van der Waals surface area contributed by atoms with Crippen LogP contribution >= 0.6 is 27.3 Å². The molecule has 0 saturated carbocycles. The first-order valence-corrected chi connectivity index (χ1v) is 11.9. The maximum Gasteiger partial charge on any atom is 0.297 e. The lowest BCUT2D eigenvalue weighted by Crippen LogP contribution is -2.29. The molecule has 5 rings (SSSR count). The number of anilines is 1. The van der Waals surface area contributed by atoms with Crippen LogP contribution in [0.1, 0.15) is 39.7 Å². The van der Waals surface area contributed by atoms with Gasteiger partial charge in [0, 0.05) is 4.47 Å². The molecule has 7 nitrogen and oxygen atoms in total. The van der Waals surface area contributed by atoms with Crippen molar-refractivity contribution in [1.29, 1.82) is 0 Å².